The average molecular weight is 256 g/mol. The second-order valence-electron chi connectivity index (χ2n) is 3.08. The number of esters is 1. The van der Waals surface area contributed by atoms with Crippen molar-refractivity contribution in [2.75, 3.05) is 6.61 Å². The van der Waals surface area contributed by atoms with Crippen molar-refractivity contribution in [2.24, 2.45) is 0 Å². The summed E-state index contributed by atoms with van der Waals surface area (Å²) >= 11 is 0. The molecular formula is C11H12O5S. The Morgan fingerprint density at radius 2 is 1.94 bits per heavy atom. The minimum absolute atomic E-state index is 0.00384. The van der Waals surface area contributed by atoms with E-state index in [1.165, 1.54) is 12.1 Å². The molecule has 0 unspecified atom stereocenters. The van der Waals surface area contributed by atoms with E-state index in [0.717, 1.165) is 0 Å². The summed E-state index contributed by atoms with van der Waals surface area (Å²) in [4.78, 5) is 11.0. The number of hydrogen-bond donors (Lipinski definition) is 1. The number of carbonyl (C=O) groups is 1. The fraction of sp³-hybridized carbons (Fsp3) is 0.182. The van der Waals surface area contributed by atoms with Crippen LogP contribution in [0.5, 0.6) is 0 Å². The Bertz CT molecular complexity index is 516. The lowest BCUT2D eigenvalue weighted by atomic mass is 10.4. The Labute approximate surface area is 99.3 Å². The van der Waals surface area contributed by atoms with Gasteiger partial charge in [-0.15, -0.1) is 0 Å². The van der Waals surface area contributed by atoms with E-state index in [-0.39, 0.29) is 11.5 Å². The third kappa shape index (κ3) is 3.60. The van der Waals surface area contributed by atoms with E-state index >= 15 is 0 Å². The molecule has 1 rings (SSSR count). The third-order valence-electron chi connectivity index (χ3n) is 1.82. The zero-order valence-corrected chi connectivity index (χ0v) is 9.98. The van der Waals surface area contributed by atoms with Crippen molar-refractivity contribution in [3.63, 3.8) is 0 Å². The smallest absolute Gasteiger partial charge is 0.374 e. The summed E-state index contributed by atoms with van der Waals surface area (Å²) < 4.78 is 27.9. The van der Waals surface area contributed by atoms with Crippen LogP contribution in [-0.2, 0) is 19.4 Å². The summed E-state index contributed by atoms with van der Waals surface area (Å²) in [6.45, 7) is 1.61. The van der Waals surface area contributed by atoms with Crippen LogP contribution in [0.25, 0.3) is 0 Å². The molecule has 5 nitrogen and oxygen atoms in total. The molecule has 0 aliphatic heterocycles. The van der Waals surface area contributed by atoms with Gasteiger partial charge in [0.2, 0.25) is 15.6 Å². The molecule has 0 heterocycles. The molecule has 17 heavy (non-hydrogen) atoms. The molecule has 0 spiro atoms. The van der Waals surface area contributed by atoms with E-state index in [0.29, 0.717) is 5.41 Å². The molecule has 6 heteroatoms. The SMILES string of the molecule is CCOC(=O)/C(O)=C/S(=O)(=O)c1ccccc1. The van der Waals surface area contributed by atoms with Crippen LogP contribution in [0.15, 0.2) is 46.4 Å². The van der Waals surface area contributed by atoms with Crippen molar-refractivity contribution in [3.05, 3.63) is 41.5 Å². The first-order valence-corrected chi connectivity index (χ1v) is 6.40. The first-order chi connectivity index (χ1) is 7.97. The van der Waals surface area contributed by atoms with Gasteiger partial charge >= 0.3 is 5.97 Å². The van der Waals surface area contributed by atoms with Crippen LogP contribution >= 0.6 is 0 Å². The number of rotatable bonds is 4. The molecule has 0 aromatic heterocycles. The molecule has 0 atom stereocenters. The fourth-order valence-corrected chi connectivity index (χ4v) is 2.14. The summed E-state index contributed by atoms with van der Waals surface area (Å²) in [5.74, 6) is -2.00. The Morgan fingerprint density at radius 3 is 2.47 bits per heavy atom. The maximum atomic E-state index is 11.7. The Hall–Kier alpha value is -1.82. The zero-order chi connectivity index (χ0) is 12.9. The lowest BCUT2D eigenvalue weighted by Gasteiger charge is -2.01. The lowest BCUT2D eigenvalue weighted by Crippen LogP contribution is -2.09. The minimum Gasteiger partial charge on any atom is -0.501 e. The predicted octanol–water partition coefficient (Wildman–Crippen LogP) is 1.42. The zero-order valence-electron chi connectivity index (χ0n) is 9.16. The molecule has 1 aromatic carbocycles. The molecule has 1 N–H and O–H groups in total. The van der Waals surface area contributed by atoms with Crippen LogP contribution in [-0.4, -0.2) is 26.1 Å². The van der Waals surface area contributed by atoms with Gasteiger partial charge in [-0.05, 0) is 19.1 Å². The number of aliphatic hydroxyl groups is 1. The summed E-state index contributed by atoms with van der Waals surface area (Å²) in [6.07, 6.45) is 0. The number of hydrogen-bond acceptors (Lipinski definition) is 5. The minimum atomic E-state index is -3.84. The van der Waals surface area contributed by atoms with E-state index in [4.69, 9.17) is 0 Å². The molecule has 0 aliphatic carbocycles. The largest absolute Gasteiger partial charge is 0.501 e. The van der Waals surface area contributed by atoms with Gasteiger partial charge in [0.05, 0.1) is 16.9 Å². The Kier molecular flexibility index (Phi) is 4.28. The van der Waals surface area contributed by atoms with E-state index in [1.807, 2.05) is 0 Å². The second-order valence-corrected chi connectivity index (χ2v) is 4.88. The van der Waals surface area contributed by atoms with Gasteiger partial charge < -0.3 is 9.84 Å². The van der Waals surface area contributed by atoms with E-state index in [9.17, 15) is 18.3 Å². The molecule has 0 fully saturated rings. The maximum Gasteiger partial charge on any atom is 0.374 e. The molecule has 92 valence electrons. The van der Waals surface area contributed by atoms with Gasteiger partial charge in [-0.25, -0.2) is 13.2 Å². The van der Waals surface area contributed by atoms with Crippen LogP contribution < -0.4 is 0 Å². The van der Waals surface area contributed by atoms with Crippen LogP contribution in [0.4, 0.5) is 0 Å². The average Bonchev–Trinajstić information content (AvgIpc) is 2.30. The Morgan fingerprint density at radius 1 is 1.35 bits per heavy atom. The van der Waals surface area contributed by atoms with Crippen molar-refractivity contribution in [2.45, 2.75) is 11.8 Å². The predicted molar refractivity (Wildman–Crippen MR) is 61.0 cm³/mol. The number of benzene rings is 1. The maximum absolute atomic E-state index is 11.7. The van der Waals surface area contributed by atoms with Gasteiger partial charge in [0, 0.05) is 0 Å². The van der Waals surface area contributed by atoms with Crippen molar-refractivity contribution in [1.29, 1.82) is 0 Å². The van der Waals surface area contributed by atoms with Crippen molar-refractivity contribution in [1.82, 2.24) is 0 Å². The number of sulfone groups is 1. The summed E-state index contributed by atoms with van der Waals surface area (Å²) in [5.41, 5.74) is 0. The molecule has 0 saturated heterocycles. The van der Waals surface area contributed by atoms with E-state index < -0.39 is 21.6 Å². The van der Waals surface area contributed by atoms with Gasteiger partial charge in [-0.1, -0.05) is 18.2 Å². The van der Waals surface area contributed by atoms with Crippen LogP contribution in [0.3, 0.4) is 0 Å². The van der Waals surface area contributed by atoms with Gasteiger partial charge in [0.1, 0.15) is 0 Å². The molecule has 0 amide bonds. The summed E-state index contributed by atoms with van der Waals surface area (Å²) in [6, 6.07) is 7.48. The van der Waals surface area contributed by atoms with Gasteiger partial charge in [0.25, 0.3) is 0 Å². The third-order valence-corrected chi connectivity index (χ3v) is 3.29. The molecular weight excluding hydrogens is 244 g/mol. The molecule has 0 saturated carbocycles. The van der Waals surface area contributed by atoms with Crippen LogP contribution in [0.1, 0.15) is 6.92 Å². The van der Waals surface area contributed by atoms with Gasteiger partial charge in [-0.3, -0.25) is 0 Å². The molecule has 1 aromatic rings. The first kappa shape index (κ1) is 13.2. The standard InChI is InChI=1S/C11H12O5S/c1-2-16-11(13)10(12)8-17(14,15)9-6-4-3-5-7-9/h3-8,12H,2H2,1H3/b10-8-. The van der Waals surface area contributed by atoms with Crippen molar-refractivity contribution in [3.8, 4) is 0 Å². The summed E-state index contributed by atoms with van der Waals surface area (Å²) in [5, 5.41) is 9.74. The molecule has 0 aliphatic rings. The lowest BCUT2D eigenvalue weighted by molar-refractivity contribution is -0.141. The Balaban J connectivity index is 3.02. The topological polar surface area (TPSA) is 80.7 Å². The highest BCUT2D eigenvalue weighted by molar-refractivity contribution is 7.94. The van der Waals surface area contributed by atoms with E-state index in [2.05, 4.69) is 4.74 Å². The molecule has 0 bridgehead atoms. The summed E-state index contributed by atoms with van der Waals surface area (Å²) in [7, 11) is -3.84. The van der Waals surface area contributed by atoms with Crippen molar-refractivity contribution < 1.29 is 23.1 Å². The van der Waals surface area contributed by atoms with Crippen LogP contribution in [0, 0.1) is 0 Å². The fourth-order valence-electron chi connectivity index (χ4n) is 1.08. The van der Waals surface area contributed by atoms with Gasteiger partial charge in [0.15, 0.2) is 0 Å². The first-order valence-electron chi connectivity index (χ1n) is 4.85. The normalized spacial score (nSPS) is 12.2. The monoisotopic (exact) mass is 256 g/mol. The quantitative estimate of drug-likeness (QED) is 0.500. The number of aliphatic hydroxyl groups excluding tert-OH is 1. The molecule has 0 radical (unpaired) electrons. The highest BCUT2D eigenvalue weighted by Gasteiger charge is 2.16. The number of carbonyl (C=O) groups excluding carboxylic acids is 1. The van der Waals surface area contributed by atoms with Gasteiger partial charge in [-0.2, -0.15) is 0 Å². The van der Waals surface area contributed by atoms with Crippen molar-refractivity contribution >= 4 is 15.8 Å². The van der Waals surface area contributed by atoms with Crippen LogP contribution in [0.2, 0.25) is 0 Å². The second kappa shape index (κ2) is 5.49. The number of ether oxygens (including phenoxy) is 1. The highest BCUT2D eigenvalue weighted by atomic mass is 32.2. The highest BCUT2D eigenvalue weighted by Crippen LogP contribution is 2.13. The van der Waals surface area contributed by atoms with E-state index in [1.54, 1.807) is 25.1 Å².